The summed E-state index contributed by atoms with van der Waals surface area (Å²) in [7, 11) is 1.34. The molecule has 0 amide bonds. The minimum Gasteiger partial charge on any atom is -0.463 e. The molecule has 1 atom stereocenters. The van der Waals surface area contributed by atoms with Gasteiger partial charge in [0.25, 0.3) is 0 Å². The number of hydrogen-bond acceptors (Lipinski definition) is 7. The fourth-order valence-electron chi connectivity index (χ4n) is 4.81. The third kappa shape index (κ3) is 4.74. The van der Waals surface area contributed by atoms with Gasteiger partial charge in [-0.05, 0) is 61.9 Å². The highest BCUT2D eigenvalue weighted by Gasteiger charge is 2.20. The minimum atomic E-state index is -0.560. The first-order valence-electron chi connectivity index (χ1n) is 11.8. The Hall–Kier alpha value is -3.80. The Morgan fingerprint density at radius 2 is 2.03 bits per heavy atom. The number of carbonyl (C=O) groups is 1. The second-order valence-electron chi connectivity index (χ2n) is 8.93. The van der Waals surface area contributed by atoms with E-state index in [1.54, 1.807) is 12.1 Å². The molecule has 5 rings (SSSR count). The molecular weight excluding hydrogens is 444 g/mol. The quantitative estimate of drug-likeness (QED) is 0.388. The van der Waals surface area contributed by atoms with Crippen LogP contribution in [0.5, 0.6) is 0 Å². The van der Waals surface area contributed by atoms with Crippen molar-refractivity contribution < 1.29 is 19.1 Å². The zero-order valence-corrected chi connectivity index (χ0v) is 19.7. The van der Waals surface area contributed by atoms with Crippen LogP contribution >= 0.6 is 0 Å². The number of benzene rings is 2. The van der Waals surface area contributed by atoms with Gasteiger partial charge in [0.1, 0.15) is 5.58 Å². The van der Waals surface area contributed by atoms with Crippen LogP contribution in [0.4, 0.5) is 5.69 Å². The molecule has 1 saturated heterocycles. The molecule has 0 saturated carbocycles. The van der Waals surface area contributed by atoms with E-state index in [4.69, 9.17) is 14.4 Å². The van der Waals surface area contributed by atoms with E-state index in [1.165, 1.54) is 7.11 Å². The number of methoxy groups -OCH3 is 1. The number of nitriles is 1. The number of anilines is 1. The minimum absolute atomic E-state index is 0.213. The lowest BCUT2D eigenvalue weighted by atomic mass is 10.0. The van der Waals surface area contributed by atoms with E-state index in [1.807, 2.05) is 30.5 Å². The van der Waals surface area contributed by atoms with Crippen molar-refractivity contribution in [1.82, 2.24) is 9.88 Å². The highest BCUT2D eigenvalue weighted by atomic mass is 16.5. The van der Waals surface area contributed by atoms with Gasteiger partial charge >= 0.3 is 5.97 Å². The Balaban J connectivity index is 1.13. The second-order valence-corrected chi connectivity index (χ2v) is 8.93. The molecule has 1 unspecified atom stereocenters. The number of nitrogens with one attached hydrogen (secondary N) is 1. The summed E-state index contributed by atoms with van der Waals surface area (Å²) in [6.07, 6.45) is 2.85. The summed E-state index contributed by atoms with van der Waals surface area (Å²) in [5, 5.41) is 21.7. The van der Waals surface area contributed by atoms with Gasteiger partial charge in [-0.3, -0.25) is 4.90 Å². The summed E-state index contributed by atoms with van der Waals surface area (Å²) in [6, 6.07) is 15.4. The van der Waals surface area contributed by atoms with Crippen LogP contribution in [0.15, 0.2) is 53.1 Å². The number of fused-ring (bicyclic) bond motifs is 2. The van der Waals surface area contributed by atoms with Gasteiger partial charge < -0.3 is 24.1 Å². The van der Waals surface area contributed by atoms with Crippen LogP contribution in [-0.4, -0.2) is 60.8 Å². The number of furan rings is 1. The molecule has 1 aliphatic heterocycles. The fourth-order valence-corrected chi connectivity index (χ4v) is 4.81. The van der Waals surface area contributed by atoms with Crippen LogP contribution in [0, 0.1) is 11.3 Å². The second kappa shape index (κ2) is 9.82. The molecule has 0 spiro atoms. The molecule has 0 aliphatic carbocycles. The van der Waals surface area contributed by atoms with Crippen molar-refractivity contribution in [1.29, 1.82) is 5.26 Å². The van der Waals surface area contributed by atoms with Crippen molar-refractivity contribution in [2.45, 2.75) is 18.9 Å². The van der Waals surface area contributed by atoms with Gasteiger partial charge in [-0.25, -0.2) is 4.79 Å². The smallest absolute Gasteiger partial charge is 0.373 e. The first-order valence-corrected chi connectivity index (χ1v) is 11.8. The zero-order valence-electron chi connectivity index (χ0n) is 19.7. The van der Waals surface area contributed by atoms with Gasteiger partial charge in [0.15, 0.2) is 0 Å². The van der Waals surface area contributed by atoms with Gasteiger partial charge in [0.2, 0.25) is 5.76 Å². The molecule has 2 aromatic carbocycles. The number of ether oxygens (including phenoxy) is 1. The molecule has 0 radical (unpaired) electrons. The average molecular weight is 473 g/mol. The molecule has 4 aromatic rings. The number of carbonyl (C=O) groups excluding carboxylic acids is 1. The Labute approximate surface area is 203 Å². The molecule has 3 heterocycles. The first-order chi connectivity index (χ1) is 17.1. The highest BCUT2D eigenvalue weighted by Crippen LogP contribution is 2.29. The molecule has 0 bridgehead atoms. The van der Waals surface area contributed by atoms with Crippen molar-refractivity contribution in [3.63, 3.8) is 0 Å². The number of H-pyrrole nitrogens is 1. The van der Waals surface area contributed by atoms with Crippen molar-refractivity contribution in [2.24, 2.45) is 0 Å². The van der Waals surface area contributed by atoms with Crippen molar-refractivity contribution in [3.8, 4) is 6.07 Å². The Kier molecular flexibility index (Phi) is 6.45. The first kappa shape index (κ1) is 23.0. The summed E-state index contributed by atoms with van der Waals surface area (Å²) >= 11 is 0. The Morgan fingerprint density at radius 3 is 2.80 bits per heavy atom. The van der Waals surface area contributed by atoms with Gasteiger partial charge in [-0.1, -0.05) is 0 Å². The predicted octanol–water partition coefficient (Wildman–Crippen LogP) is 4.21. The Morgan fingerprint density at radius 1 is 1.20 bits per heavy atom. The predicted molar refractivity (Wildman–Crippen MR) is 133 cm³/mol. The molecule has 1 fully saturated rings. The van der Waals surface area contributed by atoms with E-state index < -0.39 is 12.1 Å². The highest BCUT2D eigenvalue weighted by molar-refractivity contribution is 5.93. The lowest BCUT2D eigenvalue weighted by Crippen LogP contribution is -2.46. The van der Waals surface area contributed by atoms with E-state index in [9.17, 15) is 9.90 Å². The van der Waals surface area contributed by atoms with E-state index in [0.29, 0.717) is 17.6 Å². The summed E-state index contributed by atoms with van der Waals surface area (Å²) in [4.78, 5) is 19.7. The number of rotatable bonds is 7. The monoisotopic (exact) mass is 472 g/mol. The molecule has 2 aromatic heterocycles. The number of hydrogen-bond donors (Lipinski definition) is 2. The third-order valence-corrected chi connectivity index (χ3v) is 6.78. The fraction of sp³-hybridized carbons (Fsp3) is 0.333. The summed E-state index contributed by atoms with van der Waals surface area (Å²) in [5.74, 6) is -0.261. The van der Waals surface area contributed by atoms with Crippen LogP contribution in [0.3, 0.4) is 0 Å². The summed E-state index contributed by atoms with van der Waals surface area (Å²) < 4.78 is 10.3. The van der Waals surface area contributed by atoms with E-state index >= 15 is 0 Å². The molecule has 35 heavy (non-hydrogen) atoms. The Bertz CT molecular complexity index is 1390. The van der Waals surface area contributed by atoms with E-state index in [-0.39, 0.29) is 5.76 Å². The molecule has 180 valence electrons. The van der Waals surface area contributed by atoms with Crippen molar-refractivity contribution in [3.05, 3.63) is 65.5 Å². The van der Waals surface area contributed by atoms with Crippen LogP contribution in [0.25, 0.3) is 21.9 Å². The molecular formula is C27H28N4O4. The number of aromatic amines is 1. The molecule has 8 heteroatoms. The maximum Gasteiger partial charge on any atom is 0.373 e. The van der Waals surface area contributed by atoms with Crippen LogP contribution < -0.4 is 4.90 Å². The summed E-state index contributed by atoms with van der Waals surface area (Å²) in [6.45, 7) is 4.65. The lowest BCUT2D eigenvalue weighted by molar-refractivity contribution is 0.0567. The maximum atomic E-state index is 11.7. The number of aliphatic hydroxyl groups excluding tert-OH is 1. The van der Waals surface area contributed by atoms with Crippen LogP contribution in [0.2, 0.25) is 0 Å². The zero-order chi connectivity index (χ0) is 24.4. The molecule has 2 N–H and O–H groups in total. The standard InChI is InChI=1S/C27H28N4O4/c1-34-27(33)26-15-19-14-20(5-7-25(19)35-26)31-11-9-30(10-12-31)8-2-3-24(32)22-17-29-23-6-4-18(16-28)13-21(22)23/h4-7,13-15,17,24,29,32H,2-3,8-12H2,1H3. The summed E-state index contributed by atoms with van der Waals surface area (Å²) in [5.41, 5.74) is 4.17. The average Bonchev–Trinajstić information content (AvgIpc) is 3.52. The number of aliphatic hydroxyl groups is 1. The van der Waals surface area contributed by atoms with Crippen molar-refractivity contribution >= 4 is 33.5 Å². The van der Waals surface area contributed by atoms with Crippen molar-refractivity contribution in [2.75, 3.05) is 44.7 Å². The number of nitrogens with zero attached hydrogens (tertiary/aromatic N) is 3. The largest absolute Gasteiger partial charge is 0.463 e. The number of piperazine rings is 1. The van der Waals surface area contributed by atoms with E-state index in [0.717, 1.165) is 66.7 Å². The topological polar surface area (TPSA) is 106 Å². The van der Waals surface area contributed by atoms with Crippen LogP contribution in [-0.2, 0) is 4.74 Å². The number of esters is 1. The lowest BCUT2D eigenvalue weighted by Gasteiger charge is -2.36. The normalized spacial score (nSPS) is 15.4. The van der Waals surface area contributed by atoms with E-state index in [2.05, 4.69) is 26.9 Å². The third-order valence-electron chi connectivity index (χ3n) is 6.78. The van der Waals surface area contributed by atoms with Gasteiger partial charge in [0.05, 0.1) is 24.8 Å². The number of aromatic nitrogens is 1. The molecule has 1 aliphatic rings. The maximum absolute atomic E-state index is 11.7. The van der Waals surface area contributed by atoms with Gasteiger partial charge in [-0.15, -0.1) is 0 Å². The van der Waals surface area contributed by atoms with Crippen LogP contribution in [0.1, 0.15) is 40.6 Å². The van der Waals surface area contributed by atoms with Gasteiger partial charge in [-0.2, -0.15) is 5.26 Å². The SMILES string of the molecule is COC(=O)c1cc2cc(N3CCN(CCCC(O)c4c[nH]c5ccc(C#N)cc45)CC3)ccc2o1. The van der Waals surface area contributed by atoms with Gasteiger partial charge in [0, 0.05) is 59.9 Å². The molecule has 8 nitrogen and oxygen atoms in total.